The monoisotopic (exact) mass is 222 g/mol. The van der Waals surface area contributed by atoms with Crippen LogP contribution in [0, 0.1) is 0 Å². The predicted molar refractivity (Wildman–Crippen MR) is 52.8 cm³/mol. The first-order chi connectivity index (χ1) is 7.50. The fourth-order valence-electron chi connectivity index (χ4n) is 1.32. The van der Waals surface area contributed by atoms with Crippen molar-refractivity contribution < 1.29 is 24.5 Å². The van der Waals surface area contributed by atoms with Gasteiger partial charge in [0.1, 0.15) is 11.3 Å². The van der Waals surface area contributed by atoms with E-state index in [4.69, 9.17) is 14.6 Å². The lowest BCUT2D eigenvalue weighted by Gasteiger charge is -2.01. The first kappa shape index (κ1) is 10.0. The number of benzene rings is 1. The van der Waals surface area contributed by atoms with Gasteiger partial charge in [0.2, 0.25) is 11.2 Å². The number of aromatic carboxylic acids is 1. The van der Waals surface area contributed by atoms with Crippen molar-refractivity contribution in [2.24, 2.45) is 0 Å². The van der Waals surface area contributed by atoms with Crippen molar-refractivity contribution in [3.05, 3.63) is 34.2 Å². The molecule has 1 aromatic carbocycles. The molecule has 0 radical (unpaired) electrons. The molecule has 82 valence electrons. The third-order valence-electron chi connectivity index (χ3n) is 2.05. The van der Waals surface area contributed by atoms with Gasteiger partial charge < -0.3 is 19.7 Å². The van der Waals surface area contributed by atoms with Crippen molar-refractivity contribution in [3.63, 3.8) is 0 Å². The zero-order valence-electron chi connectivity index (χ0n) is 7.80. The van der Waals surface area contributed by atoms with Crippen LogP contribution < -0.4 is 5.43 Å². The molecule has 0 saturated carbocycles. The van der Waals surface area contributed by atoms with Gasteiger partial charge in [-0.25, -0.2) is 4.79 Å². The highest BCUT2D eigenvalue weighted by atomic mass is 16.4. The van der Waals surface area contributed by atoms with Crippen LogP contribution in [-0.4, -0.2) is 21.3 Å². The maximum Gasteiger partial charge on any atom is 0.375 e. The van der Waals surface area contributed by atoms with Crippen molar-refractivity contribution >= 4 is 16.9 Å². The minimum Gasteiger partial charge on any atom is -0.508 e. The molecule has 3 N–H and O–H groups in total. The molecule has 2 aromatic rings. The molecule has 2 rings (SSSR count). The lowest BCUT2D eigenvalue weighted by Crippen LogP contribution is -2.08. The fourth-order valence-corrected chi connectivity index (χ4v) is 1.32. The largest absolute Gasteiger partial charge is 0.508 e. The SMILES string of the molecule is O=C(O)c1oc2cc(O)ccc2c(=O)c1O. The molecule has 6 heteroatoms. The minimum atomic E-state index is -1.56. The van der Waals surface area contributed by atoms with Gasteiger partial charge in [-0.2, -0.15) is 0 Å². The van der Waals surface area contributed by atoms with Crippen molar-refractivity contribution in [2.75, 3.05) is 0 Å². The summed E-state index contributed by atoms with van der Waals surface area (Å²) in [7, 11) is 0. The van der Waals surface area contributed by atoms with Crippen LogP contribution in [0.4, 0.5) is 0 Å². The molecule has 0 atom stereocenters. The van der Waals surface area contributed by atoms with Gasteiger partial charge in [0.15, 0.2) is 0 Å². The predicted octanol–water partition coefficient (Wildman–Crippen LogP) is 0.902. The Morgan fingerprint density at radius 1 is 1.25 bits per heavy atom. The Balaban J connectivity index is 2.94. The first-order valence-corrected chi connectivity index (χ1v) is 4.23. The van der Waals surface area contributed by atoms with Crippen LogP contribution in [-0.2, 0) is 0 Å². The Labute approximate surface area is 88.0 Å². The number of phenolic OH excluding ortho intramolecular Hbond substituents is 1. The second-order valence-corrected chi connectivity index (χ2v) is 3.09. The van der Waals surface area contributed by atoms with Gasteiger partial charge >= 0.3 is 5.97 Å². The zero-order chi connectivity index (χ0) is 11.9. The molecule has 0 spiro atoms. The van der Waals surface area contributed by atoms with E-state index in [2.05, 4.69) is 0 Å². The molecular weight excluding hydrogens is 216 g/mol. The van der Waals surface area contributed by atoms with Crippen LogP contribution in [0.3, 0.4) is 0 Å². The fraction of sp³-hybridized carbons (Fsp3) is 0. The molecule has 0 saturated heterocycles. The summed E-state index contributed by atoms with van der Waals surface area (Å²) in [6.07, 6.45) is 0. The number of carboxylic acid groups (broad SMARTS) is 1. The highest BCUT2D eigenvalue weighted by Gasteiger charge is 2.19. The molecule has 0 aliphatic rings. The van der Waals surface area contributed by atoms with Crippen LogP contribution in [0.25, 0.3) is 11.0 Å². The molecule has 0 bridgehead atoms. The number of carbonyl (C=O) groups is 1. The third kappa shape index (κ3) is 1.36. The number of rotatable bonds is 1. The van der Waals surface area contributed by atoms with E-state index in [1.807, 2.05) is 0 Å². The second kappa shape index (κ2) is 3.27. The van der Waals surface area contributed by atoms with Gasteiger partial charge in [-0.3, -0.25) is 4.79 Å². The maximum absolute atomic E-state index is 11.5. The average molecular weight is 222 g/mol. The average Bonchev–Trinajstić information content (AvgIpc) is 2.22. The zero-order valence-corrected chi connectivity index (χ0v) is 7.80. The van der Waals surface area contributed by atoms with Crippen LogP contribution in [0.1, 0.15) is 10.6 Å². The van der Waals surface area contributed by atoms with E-state index in [1.165, 1.54) is 12.1 Å². The van der Waals surface area contributed by atoms with E-state index in [-0.39, 0.29) is 16.7 Å². The Bertz CT molecular complexity index is 640. The Kier molecular flexibility index (Phi) is 2.05. The van der Waals surface area contributed by atoms with E-state index in [1.54, 1.807) is 0 Å². The topological polar surface area (TPSA) is 108 Å². The molecule has 6 nitrogen and oxygen atoms in total. The number of hydrogen-bond donors (Lipinski definition) is 3. The highest BCUT2D eigenvalue weighted by molar-refractivity contribution is 5.91. The Morgan fingerprint density at radius 3 is 2.56 bits per heavy atom. The quantitative estimate of drug-likeness (QED) is 0.661. The van der Waals surface area contributed by atoms with Crippen LogP contribution in [0.5, 0.6) is 11.5 Å². The summed E-state index contributed by atoms with van der Waals surface area (Å²) in [5, 5.41) is 27.1. The molecular formula is C10H6O6. The van der Waals surface area contributed by atoms with Crippen molar-refractivity contribution in [1.29, 1.82) is 0 Å². The number of phenols is 1. The number of carboxylic acids is 1. The summed E-state index contributed by atoms with van der Waals surface area (Å²) in [6, 6.07) is 3.57. The van der Waals surface area contributed by atoms with Gasteiger partial charge in [-0.1, -0.05) is 0 Å². The van der Waals surface area contributed by atoms with Gasteiger partial charge in [-0.15, -0.1) is 0 Å². The molecule has 0 amide bonds. The van der Waals surface area contributed by atoms with Crippen molar-refractivity contribution in [3.8, 4) is 11.5 Å². The highest BCUT2D eigenvalue weighted by Crippen LogP contribution is 2.22. The smallest absolute Gasteiger partial charge is 0.375 e. The molecule has 0 unspecified atom stereocenters. The molecule has 1 heterocycles. The van der Waals surface area contributed by atoms with Gasteiger partial charge in [0, 0.05) is 6.07 Å². The van der Waals surface area contributed by atoms with E-state index >= 15 is 0 Å². The minimum absolute atomic E-state index is 0.000278. The van der Waals surface area contributed by atoms with Crippen LogP contribution >= 0.6 is 0 Å². The van der Waals surface area contributed by atoms with Crippen molar-refractivity contribution in [2.45, 2.75) is 0 Å². The number of aromatic hydroxyl groups is 2. The summed E-state index contributed by atoms with van der Waals surface area (Å²) in [5.41, 5.74) is -0.946. The Morgan fingerprint density at radius 2 is 1.94 bits per heavy atom. The lowest BCUT2D eigenvalue weighted by atomic mass is 10.2. The molecule has 0 aliphatic carbocycles. The molecule has 16 heavy (non-hydrogen) atoms. The van der Waals surface area contributed by atoms with Gasteiger partial charge in [0.05, 0.1) is 5.39 Å². The van der Waals surface area contributed by atoms with Crippen molar-refractivity contribution in [1.82, 2.24) is 0 Å². The first-order valence-electron chi connectivity index (χ1n) is 4.23. The van der Waals surface area contributed by atoms with Crippen LogP contribution in [0.15, 0.2) is 27.4 Å². The van der Waals surface area contributed by atoms with Gasteiger partial charge in [-0.05, 0) is 12.1 Å². The number of hydrogen-bond acceptors (Lipinski definition) is 5. The summed E-state index contributed by atoms with van der Waals surface area (Å²) in [4.78, 5) is 22.2. The summed E-state index contributed by atoms with van der Waals surface area (Å²) >= 11 is 0. The summed E-state index contributed by atoms with van der Waals surface area (Å²) < 4.78 is 4.81. The van der Waals surface area contributed by atoms with E-state index in [0.29, 0.717) is 0 Å². The normalized spacial score (nSPS) is 10.5. The Hall–Kier alpha value is -2.50. The van der Waals surface area contributed by atoms with Crippen LogP contribution in [0.2, 0.25) is 0 Å². The molecule has 0 fully saturated rings. The third-order valence-corrected chi connectivity index (χ3v) is 2.05. The van der Waals surface area contributed by atoms with E-state index < -0.39 is 22.9 Å². The molecule has 1 aromatic heterocycles. The standard InChI is InChI=1S/C10H6O6/c11-4-1-2-5-6(3-4)16-9(10(14)15)8(13)7(5)12/h1-3,11,13H,(H,14,15). The summed E-state index contributed by atoms with van der Waals surface area (Å²) in [5.74, 6) is -3.52. The molecule has 0 aliphatic heterocycles. The lowest BCUT2D eigenvalue weighted by molar-refractivity contribution is 0.0657. The van der Waals surface area contributed by atoms with E-state index in [9.17, 15) is 14.7 Å². The van der Waals surface area contributed by atoms with Gasteiger partial charge in [0.25, 0.3) is 5.76 Å². The van der Waals surface area contributed by atoms with E-state index in [0.717, 1.165) is 6.07 Å². The number of fused-ring (bicyclic) bond motifs is 1. The summed E-state index contributed by atoms with van der Waals surface area (Å²) in [6.45, 7) is 0. The second-order valence-electron chi connectivity index (χ2n) is 3.09. The maximum atomic E-state index is 11.5.